The monoisotopic (exact) mass is 288 g/mol. The van der Waals surface area contributed by atoms with Crippen LogP contribution in [0.4, 0.5) is 0 Å². The highest BCUT2D eigenvalue weighted by atomic mass is 16.5. The lowest BCUT2D eigenvalue weighted by molar-refractivity contribution is -0.131. The van der Waals surface area contributed by atoms with Gasteiger partial charge in [0, 0.05) is 19.8 Å². The topological polar surface area (TPSA) is 41.6 Å². The molecule has 2 atom stereocenters. The van der Waals surface area contributed by atoms with Crippen molar-refractivity contribution in [3.8, 4) is 0 Å². The smallest absolute Gasteiger partial charge is 0.245 e. The molecule has 4 nitrogen and oxygen atoms in total. The minimum atomic E-state index is -0.184. The zero-order valence-corrected chi connectivity index (χ0v) is 12.6. The Labute approximate surface area is 126 Å². The third-order valence-electron chi connectivity index (χ3n) is 4.58. The van der Waals surface area contributed by atoms with Crippen LogP contribution in [-0.2, 0) is 9.53 Å². The van der Waals surface area contributed by atoms with Gasteiger partial charge in [0.25, 0.3) is 0 Å². The molecule has 2 aliphatic rings. The predicted molar refractivity (Wildman–Crippen MR) is 81.7 cm³/mol. The first-order valence-electron chi connectivity index (χ1n) is 7.98. The normalized spacial score (nSPS) is 27.3. The van der Waals surface area contributed by atoms with Crippen molar-refractivity contribution in [1.29, 1.82) is 0 Å². The maximum Gasteiger partial charge on any atom is 0.245 e. The van der Waals surface area contributed by atoms with Gasteiger partial charge in [0.05, 0.1) is 6.17 Å². The minimum absolute atomic E-state index is 0.158. The molecule has 2 unspecified atom stereocenters. The predicted octanol–water partition coefficient (Wildman–Crippen LogP) is 2.32. The highest BCUT2D eigenvalue weighted by molar-refractivity contribution is 5.85. The number of nitrogens with one attached hydrogen (secondary N) is 1. The van der Waals surface area contributed by atoms with Crippen LogP contribution < -0.4 is 5.32 Å². The SMILES string of the molecule is CCC1NC(c2ccccc2)C(=O)N1CC1CCOCC1. The number of hydrogen-bond donors (Lipinski definition) is 1. The Balaban J connectivity index is 1.72. The number of amides is 1. The van der Waals surface area contributed by atoms with E-state index in [1.165, 1.54) is 0 Å². The highest BCUT2D eigenvalue weighted by Crippen LogP contribution is 2.28. The summed E-state index contributed by atoms with van der Waals surface area (Å²) in [6.07, 6.45) is 3.23. The molecule has 0 radical (unpaired) electrons. The summed E-state index contributed by atoms with van der Waals surface area (Å²) in [4.78, 5) is 14.8. The maximum absolute atomic E-state index is 12.8. The Morgan fingerprint density at radius 2 is 1.95 bits per heavy atom. The average molecular weight is 288 g/mol. The summed E-state index contributed by atoms with van der Waals surface area (Å²) in [6, 6.07) is 9.84. The van der Waals surface area contributed by atoms with Crippen LogP contribution in [-0.4, -0.2) is 36.7 Å². The molecule has 21 heavy (non-hydrogen) atoms. The molecule has 2 heterocycles. The van der Waals surface area contributed by atoms with E-state index >= 15 is 0 Å². The Morgan fingerprint density at radius 3 is 2.62 bits per heavy atom. The van der Waals surface area contributed by atoms with Gasteiger partial charge in [0.1, 0.15) is 6.04 Å². The van der Waals surface area contributed by atoms with E-state index in [-0.39, 0.29) is 18.1 Å². The molecule has 0 spiro atoms. The van der Waals surface area contributed by atoms with Gasteiger partial charge in [-0.2, -0.15) is 0 Å². The van der Waals surface area contributed by atoms with Crippen molar-refractivity contribution in [1.82, 2.24) is 10.2 Å². The number of ether oxygens (including phenoxy) is 1. The second kappa shape index (κ2) is 6.58. The standard InChI is InChI=1S/C17H24N2O2/c1-2-15-18-16(14-6-4-3-5-7-14)17(20)19(15)12-13-8-10-21-11-9-13/h3-7,13,15-16,18H,2,8-12H2,1H3. The van der Waals surface area contributed by atoms with Gasteiger partial charge in [0.2, 0.25) is 5.91 Å². The van der Waals surface area contributed by atoms with Crippen LogP contribution in [0.5, 0.6) is 0 Å². The van der Waals surface area contributed by atoms with Crippen LogP contribution in [0.2, 0.25) is 0 Å². The molecule has 114 valence electrons. The first kappa shape index (κ1) is 14.5. The van der Waals surface area contributed by atoms with Gasteiger partial charge in [-0.3, -0.25) is 10.1 Å². The average Bonchev–Trinajstić information content (AvgIpc) is 2.86. The number of hydrogen-bond acceptors (Lipinski definition) is 3. The molecule has 0 aromatic heterocycles. The van der Waals surface area contributed by atoms with Crippen molar-refractivity contribution in [3.05, 3.63) is 35.9 Å². The van der Waals surface area contributed by atoms with Crippen LogP contribution in [0.1, 0.15) is 37.8 Å². The van der Waals surface area contributed by atoms with E-state index in [4.69, 9.17) is 4.74 Å². The first-order chi connectivity index (χ1) is 10.3. The molecule has 2 saturated heterocycles. The van der Waals surface area contributed by atoms with E-state index in [0.717, 1.165) is 44.6 Å². The van der Waals surface area contributed by atoms with E-state index < -0.39 is 0 Å². The Hall–Kier alpha value is -1.39. The van der Waals surface area contributed by atoms with Crippen molar-refractivity contribution >= 4 is 5.91 Å². The number of rotatable bonds is 4. The quantitative estimate of drug-likeness (QED) is 0.924. The van der Waals surface area contributed by atoms with E-state index in [0.29, 0.717) is 5.92 Å². The first-order valence-corrected chi connectivity index (χ1v) is 7.98. The Bertz CT molecular complexity index is 471. The summed E-state index contributed by atoms with van der Waals surface area (Å²) in [6.45, 7) is 4.66. The fourth-order valence-corrected chi connectivity index (χ4v) is 3.32. The number of benzene rings is 1. The van der Waals surface area contributed by atoms with Crippen LogP contribution in [0.15, 0.2) is 30.3 Å². The Kier molecular flexibility index (Phi) is 4.56. The molecule has 0 bridgehead atoms. The fourth-order valence-electron chi connectivity index (χ4n) is 3.32. The van der Waals surface area contributed by atoms with Crippen molar-refractivity contribution in [2.24, 2.45) is 5.92 Å². The number of carbonyl (C=O) groups excluding carboxylic acids is 1. The molecule has 0 saturated carbocycles. The summed E-state index contributed by atoms with van der Waals surface area (Å²) < 4.78 is 5.42. The highest BCUT2D eigenvalue weighted by Gasteiger charge is 2.39. The summed E-state index contributed by atoms with van der Waals surface area (Å²) in [5, 5.41) is 3.49. The van der Waals surface area contributed by atoms with Gasteiger partial charge in [-0.25, -0.2) is 0 Å². The molecule has 2 aliphatic heterocycles. The molecule has 4 heteroatoms. The van der Waals surface area contributed by atoms with Gasteiger partial charge in [-0.05, 0) is 30.7 Å². The lowest BCUT2D eigenvalue weighted by atomic mass is 9.99. The second-order valence-corrected chi connectivity index (χ2v) is 5.98. The zero-order chi connectivity index (χ0) is 14.7. The van der Waals surface area contributed by atoms with E-state index in [9.17, 15) is 4.79 Å². The molecular weight excluding hydrogens is 264 g/mol. The van der Waals surface area contributed by atoms with Gasteiger partial charge < -0.3 is 9.64 Å². The van der Waals surface area contributed by atoms with Crippen molar-refractivity contribution < 1.29 is 9.53 Å². The van der Waals surface area contributed by atoms with Crippen LogP contribution in [0, 0.1) is 5.92 Å². The molecule has 3 rings (SSSR count). The third kappa shape index (κ3) is 3.11. The number of carbonyl (C=O) groups is 1. The summed E-state index contributed by atoms with van der Waals surface area (Å²) in [5.41, 5.74) is 1.07. The minimum Gasteiger partial charge on any atom is -0.381 e. The molecule has 2 fully saturated rings. The molecule has 1 amide bonds. The molecule has 1 N–H and O–H groups in total. The summed E-state index contributed by atoms with van der Waals surface area (Å²) in [7, 11) is 0. The van der Waals surface area contributed by atoms with Crippen molar-refractivity contribution in [2.75, 3.05) is 19.8 Å². The molecule has 0 aliphatic carbocycles. The van der Waals surface area contributed by atoms with E-state index in [1.54, 1.807) is 0 Å². The number of nitrogens with zero attached hydrogens (tertiary/aromatic N) is 1. The third-order valence-corrected chi connectivity index (χ3v) is 4.58. The van der Waals surface area contributed by atoms with Crippen molar-refractivity contribution in [2.45, 2.75) is 38.4 Å². The summed E-state index contributed by atoms with van der Waals surface area (Å²) in [5.74, 6) is 0.799. The maximum atomic E-state index is 12.8. The largest absolute Gasteiger partial charge is 0.381 e. The molecule has 1 aromatic carbocycles. The van der Waals surface area contributed by atoms with Crippen LogP contribution >= 0.6 is 0 Å². The van der Waals surface area contributed by atoms with Gasteiger partial charge in [-0.15, -0.1) is 0 Å². The lowest BCUT2D eigenvalue weighted by Crippen LogP contribution is -2.41. The van der Waals surface area contributed by atoms with Gasteiger partial charge in [-0.1, -0.05) is 37.3 Å². The van der Waals surface area contributed by atoms with E-state index in [2.05, 4.69) is 12.2 Å². The molecule has 1 aromatic rings. The summed E-state index contributed by atoms with van der Waals surface area (Å²) >= 11 is 0. The fraction of sp³-hybridized carbons (Fsp3) is 0.588. The van der Waals surface area contributed by atoms with Gasteiger partial charge >= 0.3 is 0 Å². The van der Waals surface area contributed by atoms with Crippen molar-refractivity contribution in [3.63, 3.8) is 0 Å². The zero-order valence-electron chi connectivity index (χ0n) is 12.6. The van der Waals surface area contributed by atoms with Crippen LogP contribution in [0.3, 0.4) is 0 Å². The van der Waals surface area contributed by atoms with Gasteiger partial charge in [0.15, 0.2) is 0 Å². The molecular formula is C17H24N2O2. The Morgan fingerprint density at radius 1 is 1.24 bits per heavy atom. The van der Waals surface area contributed by atoms with E-state index in [1.807, 2.05) is 35.2 Å². The van der Waals surface area contributed by atoms with Crippen LogP contribution in [0.25, 0.3) is 0 Å². The lowest BCUT2D eigenvalue weighted by Gasteiger charge is -2.30. The second-order valence-electron chi connectivity index (χ2n) is 5.98.